The zero-order chi connectivity index (χ0) is 15.9. The quantitative estimate of drug-likeness (QED) is 0.829. The minimum Gasteiger partial charge on any atom is -0.497 e. The molecule has 0 aliphatic carbocycles. The molecule has 0 fully saturated rings. The van der Waals surface area contributed by atoms with E-state index in [9.17, 15) is 4.79 Å². The molecule has 0 spiro atoms. The highest BCUT2D eigenvalue weighted by atomic mass is 16.5. The highest BCUT2D eigenvalue weighted by Gasteiger charge is 2.10. The van der Waals surface area contributed by atoms with Crippen LogP contribution < -0.4 is 15.4 Å². The minimum atomic E-state index is 0.0251. The van der Waals surface area contributed by atoms with Gasteiger partial charge in [0.05, 0.1) is 7.11 Å². The van der Waals surface area contributed by atoms with Crippen LogP contribution in [0, 0.1) is 5.92 Å². The fourth-order valence-corrected chi connectivity index (χ4v) is 1.93. The maximum Gasteiger partial charge on any atom is 0.227 e. The molecule has 0 aliphatic rings. The summed E-state index contributed by atoms with van der Waals surface area (Å²) in [7, 11) is 1.65. The van der Waals surface area contributed by atoms with Crippen LogP contribution in [0.3, 0.4) is 0 Å². The van der Waals surface area contributed by atoms with Crippen LogP contribution in [0.15, 0.2) is 48.5 Å². The van der Waals surface area contributed by atoms with Crippen molar-refractivity contribution in [1.82, 2.24) is 0 Å². The third-order valence-corrected chi connectivity index (χ3v) is 3.59. The Bertz CT molecular complexity index is 606. The van der Waals surface area contributed by atoms with Gasteiger partial charge in [0.25, 0.3) is 0 Å². The number of amides is 1. The molecule has 0 saturated heterocycles. The monoisotopic (exact) mass is 298 g/mol. The van der Waals surface area contributed by atoms with E-state index in [1.165, 1.54) is 0 Å². The van der Waals surface area contributed by atoms with Gasteiger partial charge in [0, 0.05) is 23.0 Å². The van der Waals surface area contributed by atoms with Gasteiger partial charge < -0.3 is 15.4 Å². The van der Waals surface area contributed by atoms with Crippen LogP contribution >= 0.6 is 0 Å². The number of ether oxygens (including phenoxy) is 1. The lowest BCUT2D eigenvalue weighted by Crippen LogP contribution is -2.19. The predicted molar refractivity (Wildman–Crippen MR) is 90.8 cm³/mol. The van der Waals surface area contributed by atoms with Crippen molar-refractivity contribution in [1.29, 1.82) is 0 Å². The van der Waals surface area contributed by atoms with Crippen LogP contribution in [0.5, 0.6) is 5.75 Å². The number of carbonyl (C=O) groups is 1. The van der Waals surface area contributed by atoms with Gasteiger partial charge in [-0.2, -0.15) is 0 Å². The Balaban J connectivity index is 1.97. The summed E-state index contributed by atoms with van der Waals surface area (Å²) in [5.41, 5.74) is 2.76. The molecular formula is C18H22N2O2. The molecule has 4 heteroatoms. The lowest BCUT2D eigenvalue weighted by molar-refractivity contribution is -0.119. The third-order valence-electron chi connectivity index (χ3n) is 3.59. The lowest BCUT2D eigenvalue weighted by Gasteiger charge is -2.11. The van der Waals surface area contributed by atoms with Crippen molar-refractivity contribution in [2.45, 2.75) is 20.3 Å². The molecule has 0 radical (unpaired) electrons. The molecule has 0 heterocycles. The highest BCUT2D eigenvalue weighted by Crippen LogP contribution is 2.21. The number of carbonyl (C=O) groups excluding carboxylic acids is 1. The van der Waals surface area contributed by atoms with Gasteiger partial charge >= 0.3 is 0 Å². The molecule has 2 rings (SSSR count). The largest absolute Gasteiger partial charge is 0.497 e. The molecule has 0 aromatic heterocycles. The molecule has 0 aliphatic heterocycles. The summed E-state index contributed by atoms with van der Waals surface area (Å²) in [6, 6.07) is 15.4. The molecule has 22 heavy (non-hydrogen) atoms. The second-order valence-corrected chi connectivity index (χ2v) is 5.23. The first kappa shape index (κ1) is 15.9. The minimum absolute atomic E-state index is 0.0251. The van der Waals surface area contributed by atoms with Crippen LogP contribution in [-0.2, 0) is 4.79 Å². The van der Waals surface area contributed by atoms with Gasteiger partial charge in [-0.05, 0) is 55.0 Å². The van der Waals surface area contributed by atoms with Gasteiger partial charge in [0.1, 0.15) is 5.75 Å². The second kappa shape index (κ2) is 7.50. The van der Waals surface area contributed by atoms with E-state index >= 15 is 0 Å². The average molecular weight is 298 g/mol. The van der Waals surface area contributed by atoms with Crippen molar-refractivity contribution < 1.29 is 9.53 Å². The zero-order valence-electron chi connectivity index (χ0n) is 13.2. The summed E-state index contributed by atoms with van der Waals surface area (Å²) in [4.78, 5) is 11.8. The van der Waals surface area contributed by atoms with Gasteiger partial charge in [-0.25, -0.2) is 0 Å². The van der Waals surface area contributed by atoms with Crippen molar-refractivity contribution >= 4 is 23.0 Å². The molecule has 116 valence electrons. The number of methoxy groups -OCH3 is 1. The maximum absolute atomic E-state index is 11.8. The number of nitrogens with one attached hydrogen (secondary N) is 2. The molecule has 2 aromatic carbocycles. The molecule has 4 nitrogen and oxygen atoms in total. The first-order valence-corrected chi connectivity index (χ1v) is 7.44. The predicted octanol–water partition coefficient (Wildman–Crippen LogP) is 4.42. The number of hydrogen-bond donors (Lipinski definition) is 2. The van der Waals surface area contributed by atoms with E-state index in [0.29, 0.717) is 0 Å². The Labute approximate surface area is 131 Å². The molecular weight excluding hydrogens is 276 g/mol. The Morgan fingerprint density at radius 2 is 1.50 bits per heavy atom. The van der Waals surface area contributed by atoms with Crippen molar-refractivity contribution in [2.24, 2.45) is 5.92 Å². The molecule has 1 amide bonds. The summed E-state index contributed by atoms with van der Waals surface area (Å²) in [6.07, 6.45) is 0.836. The Morgan fingerprint density at radius 1 is 1.00 bits per heavy atom. The van der Waals surface area contributed by atoms with Gasteiger partial charge in [-0.1, -0.05) is 13.8 Å². The van der Waals surface area contributed by atoms with Crippen molar-refractivity contribution in [3.05, 3.63) is 48.5 Å². The fourth-order valence-electron chi connectivity index (χ4n) is 1.93. The summed E-state index contributed by atoms with van der Waals surface area (Å²) in [5.74, 6) is 0.907. The summed E-state index contributed by atoms with van der Waals surface area (Å²) >= 11 is 0. The second-order valence-electron chi connectivity index (χ2n) is 5.23. The molecule has 1 atom stereocenters. The zero-order valence-corrected chi connectivity index (χ0v) is 13.2. The van der Waals surface area contributed by atoms with E-state index in [1.807, 2.05) is 62.4 Å². The summed E-state index contributed by atoms with van der Waals surface area (Å²) in [5, 5.41) is 6.22. The smallest absolute Gasteiger partial charge is 0.227 e. The van der Waals surface area contributed by atoms with Crippen molar-refractivity contribution in [3.8, 4) is 5.75 Å². The van der Waals surface area contributed by atoms with Crippen molar-refractivity contribution in [2.75, 3.05) is 17.7 Å². The topological polar surface area (TPSA) is 50.4 Å². The van der Waals surface area contributed by atoms with E-state index in [1.54, 1.807) is 7.11 Å². The summed E-state index contributed by atoms with van der Waals surface area (Å²) < 4.78 is 5.13. The summed E-state index contributed by atoms with van der Waals surface area (Å²) in [6.45, 7) is 3.93. The van der Waals surface area contributed by atoms with Gasteiger partial charge in [0.15, 0.2) is 0 Å². The van der Waals surface area contributed by atoms with Crippen LogP contribution in [0.4, 0.5) is 17.1 Å². The van der Waals surface area contributed by atoms with E-state index in [-0.39, 0.29) is 11.8 Å². The number of anilines is 3. The van der Waals surface area contributed by atoms with Gasteiger partial charge in [0.2, 0.25) is 5.91 Å². The first-order valence-electron chi connectivity index (χ1n) is 7.44. The van der Waals surface area contributed by atoms with Gasteiger partial charge in [-0.15, -0.1) is 0 Å². The van der Waals surface area contributed by atoms with E-state index in [4.69, 9.17) is 4.74 Å². The van der Waals surface area contributed by atoms with Crippen LogP contribution in [0.25, 0.3) is 0 Å². The standard InChI is InChI=1S/C18H22N2O2/c1-4-13(2)18(21)20-16-7-5-14(6-8-16)19-15-9-11-17(22-3)12-10-15/h5-13,19H,4H2,1-3H3,(H,20,21). The Kier molecular flexibility index (Phi) is 5.42. The number of benzene rings is 2. The Morgan fingerprint density at radius 3 is 2.00 bits per heavy atom. The Hall–Kier alpha value is -2.49. The first-order chi connectivity index (χ1) is 10.6. The normalized spacial score (nSPS) is 11.6. The fraction of sp³-hybridized carbons (Fsp3) is 0.278. The SMILES string of the molecule is CCC(C)C(=O)Nc1ccc(Nc2ccc(OC)cc2)cc1. The van der Waals surface area contributed by atoms with E-state index in [0.717, 1.165) is 29.2 Å². The van der Waals surface area contributed by atoms with Gasteiger partial charge in [-0.3, -0.25) is 4.79 Å². The van der Waals surface area contributed by atoms with Crippen molar-refractivity contribution in [3.63, 3.8) is 0 Å². The highest BCUT2D eigenvalue weighted by molar-refractivity contribution is 5.92. The molecule has 1 unspecified atom stereocenters. The average Bonchev–Trinajstić information content (AvgIpc) is 2.56. The van der Waals surface area contributed by atoms with Crippen LogP contribution in [0.1, 0.15) is 20.3 Å². The van der Waals surface area contributed by atoms with E-state index < -0.39 is 0 Å². The van der Waals surface area contributed by atoms with E-state index in [2.05, 4.69) is 10.6 Å². The molecule has 2 N–H and O–H groups in total. The lowest BCUT2D eigenvalue weighted by atomic mass is 10.1. The van der Waals surface area contributed by atoms with Crippen LogP contribution in [0.2, 0.25) is 0 Å². The number of rotatable bonds is 6. The maximum atomic E-state index is 11.8. The molecule has 2 aromatic rings. The molecule has 0 bridgehead atoms. The third kappa shape index (κ3) is 4.25. The number of hydrogen-bond acceptors (Lipinski definition) is 3. The van der Waals surface area contributed by atoms with Crippen LogP contribution in [-0.4, -0.2) is 13.0 Å². The molecule has 0 saturated carbocycles.